The quantitative estimate of drug-likeness (QED) is 0.502. The summed E-state index contributed by atoms with van der Waals surface area (Å²) >= 11 is 0. The highest BCUT2D eigenvalue weighted by atomic mass is 31.1. The van der Waals surface area contributed by atoms with Gasteiger partial charge in [0.05, 0.1) is 0 Å². The van der Waals surface area contributed by atoms with Gasteiger partial charge in [-0.3, -0.25) is 0 Å². The van der Waals surface area contributed by atoms with E-state index in [9.17, 15) is 0 Å². The molecule has 0 saturated carbocycles. The first-order chi connectivity index (χ1) is 7.68. The van der Waals surface area contributed by atoms with Gasteiger partial charge in [0.25, 0.3) is 0 Å². The van der Waals surface area contributed by atoms with Crippen LogP contribution in [0.2, 0.25) is 0 Å². The van der Waals surface area contributed by atoms with Gasteiger partial charge >= 0.3 is 0 Å². The van der Waals surface area contributed by atoms with Gasteiger partial charge < -0.3 is 0 Å². The highest BCUT2D eigenvalue weighted by Gasteiger charge is 2.27. The largest absolute Gasteiger partial charge is 0.101 e. The van der Waals surface area contributed by atoms with E-state index in [-0.39, 0.29) is 15.8 Å². The van der Waals surface area contributed by atoms with Crippen LogP contribution in [0.3, 0.4) is 0 Å². The van der Waals surface area contributed by atoms with Crippen LogP contribution in [0.1, 0.15) is 62.3 Å². The van der Waals surface area contributed by atoms with Crippen molar-refractivity contribution in [3.05, 3.63) is 0 Å². The Bertz CT molecular complexity index is 181. The monoisotopic (exact) mass is 276 g/mol. The third-order valence-corrected chi connectivity index (χ3v) is 11.0. The summed E-state index contributed by atoms with van der Waals surface area (Å²) in [5.41, 5.74) is 4.50. The van der Waals surface area contributed by atoms with Gasteiger partial charge in [-0.2, -0.15) is 0 Å². The molecule has 1 unspecified atom stereocenters. The van der Waals surface area contributed by atoms with Crippen LogP contribution in [0, 0.1) is 0 Å². The number of rotatable bonds is 7. The van der Waals surface area contributed by atoms with Crippen LogP contribution in [0.25, 0.3) is 0 Å². The lowest BCUT2D eigenvalue weighted by atomic mass is 10.5. The zero-order valence-electron chi connectivity index (χ0n) is 13.5. The van der Waals surface area contributed by atoms with E-state index < -0.39 is 0 Å². The van der Waals surface area contributed by atoms with E-state index in [0.717, 1.165) is 28.3 Å². The Kier molecular flexibility index (Phi) is 8.53. The molecule has 0 radical (unpaired) electrons. The third-order valence-electron chi connectivity index (χ3n) is 3.50. The highest BCUT2D eigenvalue weighted by molar-refractivity contribution is 7.63. The van der Waals surface area contributed by atoms with Gasteiger partial charge in [-0.05, 0) is 34.5 Å². The van der Waals surface area contributed by atoms with Gasteiger partial charge in [0.2, 0.25) is 0 Å². The summed E-state index contributed by atoms with van der Waals surface area (Å²) in [6, 6.07) is 0. The SMILES string of the molecule is CC(C)P(CC(C)P(C(C)C)C(C)C)C(C)C. The molecule has 0 aliphatic carbocycles. The lowest BCUT2D eigenvalue weighted by Gasteiger charge is -2.36. The third kappa shape index (κ3) is 6.02. The highest BCUT2D eigenvalue weighted by Crippen LogP contribution is 2.56. The van der Waals surface area contributed by atoms with Crippen LogP contribution in [0.5, 0.6) is 0 Å². The number of hydrogen-bond acceptors (Lipinski definition) is 0. The molecule has 17 heavy (non-hydrogen) atoms. The minimum absolute atomic E-state index is 0.194. The Hall–Kier alpha value is 0.860. The molecule has 0 aromatic carbocycles. The first-order valence-corrected chi connectivity index (χ1v) is 10.4. The van der Waals surface area contributed by atoms with E-state index in [1.54, 1.807) is 0 Å². The molecule has 1 atom stereocenters. The molecular weight excluding hydrogens is 242 g/mol. The maximum absolute atomic E-state index is 2.52. The summed E-state index contributed by atoms with van der Waals surface area (Å²) in [4.78, 5) is 0. The van der Waals surface area contributed by atoms with Gasteiger partial charge in [0.1, 0.15) is 0 Å². The molecule has 0 N–H and O–H groups in total. The molecule has 0 aliphatic heterocycles. The van der Waals surface area contributed by atoms with Gasteiger partial charge in [-0.25, -0.2) is 0 Å². The molecule has 0 saturated heterocycles. The van der Waals surface area contributed by atoms with Gasteiger partial charge in [0.15, 0.2) is 0 Å². The van der Waals surface area contributed by atoms with Crippen molar-refractivity contribution in [1.29, 1.82) is 0 Å². The average Bonchev–Trinajstić information content (AvgIpc) is 2.11. The Labute approximate surface area is 113 Å². The zero-order valence-corrected chi connectivity index (χ0v) is 15.3. The molecular formula is C15H34P2. The second-order valence-electron chi connectivity index (χ2n) is 6.37. The Morgan fingerprint density at radius 3 is 1.18 bits per heavy atom. The second kappa shape index (κ2) is 8.12. The molecule has 0 aromatic heterocycles. The smallest absolute Gasteiger partial charge is 0.0193 e. The summed E-state index contributed by atoms with van der Waals surface area (Å²) in [5.74, 6) is 0. The van der Waals surface area contributed by atoms with Gasteiger partial charge in [-0.1, -0.05) is 70.2 Å². The van der Waals surface area contributed by atoms with Crippen LogP contribution < -0.4 is 0 Å². The predicted octanol–water partition coefficient (Wildman–Crippen LogP) is 5.97. The zero-order chi connectivity index (χ0) is 13.7. The molecule has 2 heteroatoms. The minimum atomic E-state index is 0.194. The van der Waals surface area contributed by atoms with E-state index in [1.807, 2.05) is 0 Å². The Balaban J connectivity index is 4.62. The molecule has 104 valence electrons. The molecule has 0 nitrogen and oxygen atoms in total. The summed E-state index contributed by atoms with van der Waals surface area (Å²) in [6.45, 7) is 21.9. The first-order valence-electron chi connectivity index (χ1n) is 7.21. The van der Waals surface area contributed by atoms with E-state index >= 15 is 0 Å². The maximum atomic E-state index is 2.52. The summed E-state index contributed by atoms with van der Waals surface area (Å²) < 4.78 is 0. The molecule has 0 bridgehead atoms. The lowest BCUT2D eigenvalue weighted by molar-refractivity contribution is 0.928. The fourth-order valence-corrected chi connectivity index (χ4v) is 10.2. The van der Waals surface area contributed by atoms with Crippen LogP contribution in [-0.4, -0.2) is 34.5 Å². The molecule has 0 aromatic rings. The standard InChI is InChI=1S/C15H34P2/c1-11(2)16(12(3)4)10-15(9)17(13(5)6)14(7)8/h11-15H,10H2,1-9H3. The van der Waals surface area contributed by atoms with Crippen molar-refractivity contribution in [1.82, 2.24) is 0 Å². The second-order valence-corrected chi connectivity index (χ2v) is 13.7. The van der Waals surface area contributed by atoms with Crippen LogP contribution in [-0.2, 0) is 0 Å². The first kappa shape index (κ1) is 17.9. The lowest BCUT2D eigenvalue weighted by Crippen LogP contribution is -2.20. The number of hydrogen-bond donors (Lipinski definition) is 0. The van der Waals surface area contributed by atoms with Crippen molar-refractivity contribution < 1.29 is 0 Å². The van der Waals surface area contributed by atoms with Crippen molar-refractivity contribution in [2.24, 2.45) is 0 Å². The van der Waals surface area contributed by atoms with Crippen molar-refractivity contribution in [3.63, 3.8) is 0 Å². The van der Waals surface area contributed by atoms with Crippen molar-refractivity contribution >= 4 is 15.8 Å². The van der Waals surface area contributed by atoms with E-state index in [4.69, 9.17) is 0 Å². The topological polar surface area (TPSA) is 0 Å². The average molecular weight is 276 g/mol. The fraction of sp³-hybridized carbons (Fsp3) is 1.00. The fourth-order valence-electron chi connectivity index (χ4n) is 3.03. The van der Waals surface area contributed by atoms with Gasteiger partial charge in [-0.15, -0.1) is 7.92 Å². The molecule has 0 heterocycles. The molecule has 0 rings (SSSR count). The molecule has 0 spiro atoms. The molecule has 0 fully saturated rings. The molecule has 0 amide bonds. The Morgan fingerprint density at radius 1 is 0.588 bits per heavy atom. The minimum Gasteiger partial charge on any atom is -0.101 e. The van der Waals surface area contributed by atoms with Crippen LogP contribution in [0.15, 0.2) is 0 Å². The summed E-state index contributed by atoms with van der Waals surface area (Å²) in [7, 11) is 0.410. The predicted molar refractivity (Wildman–Crippen MR) is 88.7 cm³/mol. The van der Waals surface area contributed by atoms with Crippen molar-refractivity contribution in [2.45, 2.75) is 90.6 Å². The summed E-state index contributed by atoms with van der Waals surface area (Å²) in [5, 5.41) is 0. The van der Waals surface area contributed by atoms with Crippen molar-refractivity contribution in [2.75, 3.05) is 6.16 Å². The van der Waals surface area contributed by atoms with Crippen molar-refractivity contribution in [3.8, 4) is 0 Å². The van der Waals surface area contributed by atoms with Crippen LogP contribution >= 0.6 is 15.8 Å². The van der Waals surface area contributed by atoms with E-state index in [1.165, 1.54) is 6.16 Å². The molecule has 0 aliphatic rings. The van der Waals surface area contributed by atoms with Gasteiger partial charge in [0, 0.05) is 0 Å². The summed E-state index contributed by atoms with van der Waals surface area (Å²) in [6.07, 6.45) is 1.49. The maximum Gasteiger partial charge on any atom is -0.0193 e. The Morgan fingerprint density at radius 2 is 0.941 bits per heavy atom. The van der Waals surface area contributed by atoms with Crippen LogP contribution in [0.4, 0.5) is 0 Å². The normalized spacial score (nSPS) is 15.0. The van der Waals surface area contributed by atoms with E-state index in [0.29, 0.717) is 0 Å². The van der Waals surface area contributed by atoms with E-state index in [2.05, 4.69) is 62.3 Å².